The molecular weight excluding hydrogens is 294 g/mol. The van der Waals surface area contributed by atoms with Gasteiger partial charge in [0.1, 0.15) is 0 Å². The van der Waals surface area contributed by atoms with Gasteiger partial charge in [-0.2, -0.15) is 0 Å². The smallest absolute Gasteiger partial charge is 0.289 e. The first-order chi connectivity index (χ1) is 11.2. The average molecular weight is 319 g/mol. The third-order valence-corrected chi connectivity index (χ3v) is 5.41. The van der Waals surface area contributed by atoms with Gasteiger partial charge >= 0.3 is 0 Å². The largest absolute Gasteiger partial charge is 0.375 e. The monoisotopic (exact) mass is 319 g/mol. The number of nitrogens with zero attached hydrogens (tertiary/aromatic N) is 3. The Morgan fingerprint density at radius 1 is 1.43 bits per heavy atom. The van der Waals surface area contributed by atoms with Crippen LogP contribution in [-0.4, -0.2) is 58.4 Å². The molecule has 1 amide bonds. The highest BCUT2D eigenvalue weighted by Crippen LogP contribution is 2.38. The van der Waals surface area contributed by atoms with E-state index >= 15 is 0 Å². The normalized spacial score (nSPS) is 26.8. The lowest BCUT2D eigenvalue weighted by Gasteiger charge is -2.38. The van der Waals surface area contributed by atoms with Gasteiger partial charge in [0, 0.05) is 45.6 Å². The fourth-order valence-electron chi connectivity index (χ4n) is 3.65. The standard InChI is InChI=1S/C17H25N3O3/c1-19-9-6-18-15(19)16(21)20-7-4-17(5-8-20)10-14(12-23-17)22-11-13-2-3-13/h6,9,13-14H,2-5,7-8,10-12H2,1H3/t14-/m1/s1. The summed E-state index contributed by atoms with van der Waals surface area (Å²) in [6, 6.07) is 0. The first-order valence-corrected chi connectivity index (χ1v) is 8.67. The van der Waals surface area contributed by atoms with Crippen molar-refractivity contribution in [3.8, 4) is 0 Å². The summed E-state index contributed by atoms with van der Waals surface area (Å²) in [7, 11) is 1.85. The number of piperidine rings is 1. The first-order valence-electron chi connectivity index (χ1n) is 8.67. The Morgan fingerprint density at radius 3 is 2.87 bits per heavy atom. The molecule has 3 fully saturated rings. The lowest BCUT2D eigenvalue weighted by Crippen LogP contribution is -2.47. The minimum Gasteiger partial charge on any atom is -0.375 e. The first kappa shape index (κ1) is 15.1. The molecule has 1 aliphatic carbocycles. The number of rotatable bonds is 4. The van der Waals surface area contributed by atoms with Crippen LogP contribution < -0.4 is 0 Å². The zero-order valence-corrected chi connectivity index (χ0v) is 13.7. The number of aromatic nitrogens is 2. The highest BCUT2D eigenvalue weighted by atomic mass is 16.6. The molecule has 6 heteroatoms. The van der Waals surface area contributed by atoms with Gasteiger partial charge in [0.15, 0.2) is 5.82 Å². The van der Waals surface area contributed by atoms with E-state index in [-0.39, 0.29) is 17.6 Å². The van der Waals surface area contributed by atoms with Gasteiger partial charge in [-0.25, -0.2) is 4.98 Å². The Labute approximate surface area is 136 Å². The lowest BCUT2D eigenvalue weighted by molar-refractivity contribution is -0.0412. The molecule has 0 bridgehead atoms. The van der Waals surface area contributed by atoms with Crippen LogP contribution in [0.3, 0.4) is 0 Å². The summed E-state index contributed by atoms with van der Waals surface area (Å²) in [5.41, 5.74) is -0.0768. The van der Waals surface area contributed by atoms with Crippen molar-refractivity contribution >= 4 is 5.91 Å². The number of imidazole rings is 1. The number of likely N-dealkylation sites (tertiary alicyclic amines) is 1. The quantitative estimate of drug-likeness (QED) is 0.846. The van der Waals surface area contributed by atoms with E-state index < -0.39 is 0 Å². The molecule has 3 aliphatic rings. The maximum atomic E-state index is 12.5. The van der Waals surface area contributed by atoms with Gasteiger partial charge in [-0.1, -0.05) is 0 Å². The Morgan fingerprint density at radius 2 is 2.22 bits per heavy atom. The molecule has 126 valence electrons. The van der Waals surface area contributed by atoms with E-state index in [0.717, 1.165) is 44.9 Å². The van der Waals surface area contributed by atoms with Crippen LogP contribution in [0.1, 0.15) is 42.7 Å². The summed E-state index contributed by atoms with van der Waals surface area (Å²) in [6.07, 6.45) is 9.13. The van der Waals surface area contributed by atoms with Crippen molar-refractivity contribution in [2.45, 2.75) is 43.8 Å². The molecule has 3 heterocycles. The summed E-state index contributed by atoms with van der Waals surface area (Å²) in [4.78, 5) is 18.6. The molecule has 0 radical (unpaired) electrons. The predicted octanol–water partition coefficient (Wildman–Crippen LogP) is 1.61. The Balaban J connectivity index is 1.30. The highest BCUT2D eigenvalue weighted by Gasteiger charge is 2.44. The number of amides is 1. The van der Waals surface area contributed by atoms with E-state index in [1.807, 2.05) is 11.9 Å². The number of ether oxygens (including phenoxy) is 2. The van der Waals surface area contributed by atoms with Gasteiger partial charge in [0.25, 0.3) is 5.91 Å². The molecule has 2 aliphatic heterocycles. The van der Waals surface area contributed by atoms with Crippen molar-refractivity contribution < 1.29 is 14.3 Å². The Hall–Kier alpha value is -1.40. The fraction of sp³-hybridized carbons (Fsp3) is 0.765. The Bertz CT molecular complexity index is 573. The van der Waals surface area contributed by atoms with E-state index in [9.17, 15) is 4.79 Å². The topological polar surface area (TPSA) is 56.6 Å². The van der Waals surface area contributed by atoms with E-state index in [4.69, 9.17) is 9.47 Å². The third-order valence-electron chi connectivity index (χ3n) is 5.41. The van der Waals surface area contributed by atoms with Gasteiger partial charge in [0.05, 0.1) is 18.3 Å². The average Bonchev–Trinajstić information content (AvgIpc) is 3.17. The second-order valence-corrected chi connectivity index (χ2v) is 7.25. The maximum absolute atomic E-state index is 12.5. The minimum absolute atomic E-state index is 0.0203. The maximum Gasteiger partial charge on any atom is 0.289 e. The molecule has 4 rings (SSSR count). The molecule has 2 saturated heterocycles. The van der Waals surface area contributed by atoms with Crippen molar-refractivity contribution in [3.63, 3.8) is 0 Å². The molecule has 1 atom stereocenters. The second-order valence-electron chi connectivity index (χ2n) is 7.25. The molecule has 1 spiro atoms. The van der Waals surface area contributed by atoms with Crippen LogP contribution in [-0.2, 0) is 16.5 Å². The van der Waals surface area contributed by atoms with Crippen LogP contribution in [0.25, 0.3) is 0 Å². The van der Waals surface area contributed by atoms with Crippen molar-refractivity contribution in [1.82, 2.24) is 14.5 Å². The van der Waals surface area contributed by atoms with Crippen molar-refractivity contribution in [2.24, 2.45) is 13.0 Å². The SMILES string of the molecule is Cn1ccnc1C(=O)N1CCC2(CC1)C[C@@H](OCC1CC1)CO2. The van der Waals surface area contributed by atoms with Crippen LogP contribution >= 0.6 is 0 Å². The number of carbonyl (C=O) groups excluding carboxylic acids is 1. The summed E-state index contributed by atoms with van der Waals surface area (Å²) < 4.78 is 13.9. The van der Waals surface area contributed by atoms with Gasteiger partial charge in [-0.15, -0.1) is 0 Å². The van der Waals surface area contributed by atoms with Gasteiger partial charge < -0.3 is 18.9 Å². The molecule has 23 heavy (non-hydrogen) atoms. The number of aryl methyl sites for hydroxylation is 1. The molecule has 1 aromatic heterocycles. The van der Waals surface area contributed by atoms with Crippen LogP contribution in [0.4, 0.5) is 0 Å². The van der Waals surface area contributed by atoms with Gasteiger partial charge in [-0.3, -0.25) is 4.79 Å². The molecule has 1 aromatic rings. The van der Waals surface area contributed by atoms with Crippen LogP contribution in [0.2, 0.25) is 0 Å². The second kappa shape index (κ2) is 5.91. The minimum atomic E-state index is -0.0768. The summed E-state index contributed by atoms with van der Waals surface area (Å²) >= 11 is 0. The zero-order valence-electron chi connectivity index (χ0n) is 13.7. The molecule has 0 unspecified atom stereocenters. The molecule has 1 saturated carbocycles. The summed E-state index contributed by atoms with van der Waals surface area (Å²) in [5.74, 6) is 1.33. The van der Waals surface area contributed by atoms with Gasteiger partial charge in [0.2, 0.25) is 0 Å². The number of carbonyl (C=O) groups is 1. The number of hydrogen-bond acceptors (Lipinski definition) is 4. The summed E-state index contributed by atoms with van der Waals surface area (Å²) in [5, 5.41) is 0. The Kier molecular flexibility index (Phi) is 3.89. The molecule has 0 N–H and O–H groups in total. The zero-order chi connectivity index (χ0) is 15.9. The predicted molar refractivity (Wildman–Crippen MR) is 84.1 cm³/mol. The van der Waals surface area contributed by atoms with Crippen molar-refractivity contribution in [1.29, 1.82) is 0 Å². The van der Waals surface area contributed by atoms with E-state index in [1.165, 1.54) is 12.8 Å². The molecule has 6 nitrogen and oxygen atoms in total. The highest BCUT2D eigenvalue weighted by molar-refractivity contribution is 5.90. The van der Waals surface area contributed by atoms with Crippen molar-refractivity contribution in [2.75, 3.05) is 26.3 Å². The lowest BCUT2D eigenvalue weighted by atomic mass is 9.88. The molecule has 0 aromatic carbocycles. The van der Waals surface area contributed by atoms with Crippen LogP contribution in [0.15, 0.2) is 12.4 Å². The van der Waals surface area contributed by atoms with E-state index in [2.05, 4.69) is 4.98 Å². The van der Waals surface area contributed by atoms with E-state index in [1.54, 1.807) is 17.0 Å². The van der Waals surface area contributed by atoms with Crippen molar-refractivity contribution in [3.05, 3.63) is 18.2 Å². The van der Waals surface area contributed by atoms with Gasteiger partial charge in [-0.05, 0) is 31.6 Å². The van der Waals surface area contributed by atoms with Crippen LogP contribution in [0.5, 0.6) is 0 Å². The number of hydrogen-bond donors (Lipinski definition) is 0. The fourth-order valence-corrected chi connectivity index (χ4v) is 3.65. The third kappa shape index (κ3) is 3.15. The molecular formula is C17H25N3O3. The van der Waals surface area contributed by atoms with Crippen LogP contribution in [0, 0.1) is 5.92 Å². The summed E-state index contributed by atoms with van der Waals surface area (Å²) in [6.45, 7) is 3.08. The van der Waals surface area contributed by atoms with E-state index in [0.29, 0.717) is 12.4 Å².